The number of fused-ring (bicyclic) bond motifs is 1. The number of para-hydroxylation sites is 2. The summed E-state index contributed by atoms with van der Waals surface area (Å²) >= 11 is 0. The van der Waals surface area contributed by atoms with E-state index in [1.807, 2.05) is 12.1 Å². The van der Waals surface area contributed by atoms with Gasteiger partial charge in [-0.05, 0) is 12.1 Å². The first-order valence-electron chi connectivity index (χ1n) is 6.17. The van der Waals surface area contributed by atoms with Gasteiger partial charge in [-0.1, -0.05) is 12.1 Å². The molecule has 0 atom stereocenters. The summed E-state index contributed by atoms with van der Waals surface area (Å²) in [6.45, 7) is 4.50. The van der Waals surface area contributed by atoms with Gasteiger partial charge in [0.25, 0.3) is 0 Å². The maximum absolute atomic E-state index is 5.38. The predicted octanol–water partition coefficient (Wildman–Crippen LogP) is 1.86. The van der Waals surface area contributed by atoms with Crippen LogP contribution >= 0.6 is 0 Å². The molecular weight excluding hydrogens is 214 g/mol. The van der Waals surface area contributed by atoms with Crippen LogP contribution in [0.3, 0.4) is 0 Å². The van der Waals surface area contributed by atoms with E-state index in [0.29, 0.717) is 0 Å². The molecule has 0 aromatic heterocycles. The van der Waals surface area contributed by atoms with E-state index in [0.717, 1.165) is 50.6 Å². The van der Waals surface area contributed by atoms with Gasteiger partial charge in [-0.25, -0.2) is 4.99 Å². The monoisotopic (exact) mass is 231 g/mol. The molecular formula is C13H17N3O. The third kappa shape index (κ3) is 2.26. The van der Waals surface area contributed by atoms with Crippen molar-refractivity contribution in [2.45, 2.75) is 6.42 Å². The number of amidine groups is 1. The Kier molecular flexibility index (Phi) is 2.96. The van der Waals surface area contributed by atoms with Crippen molar-refractivity contribution in [1.82, 2.24) is 4.90 Å². The Labute approximate surface area is 101 Å². The van der Waals surface area contributed by atoms with Gasteiger partial charge >= 0.3 is 0 Å². The van der Waals surface area contributed by atoms with Gasteiger partial charge in [0, 0.05) is 26.1 Å². The van der Waals surface area contributed by atoms with Gasteiger partial charge < -0.3 is 15.0 Å². The van der Waals surface area contributed by atoms with Crippen molar-refractivity contribution in [3.05, 3.63) is 24.3 Å². The van der Waals surface area contributed by atoms with E-state index in [1.165, 1.54) is 5.84 Å². The van der Waals surface area contributed by atoms with Crippen LogP contribution in [0, 0.1) is 0 Å². The van der Waals surface area contributed by atoms with Crippen molar-refractivity contribution < 1.29 is 4.74 Å². The van der Waals surface area contributed by atoms with Gasteiger partial charge in [-0.3, -0.25) is 0 Å². The van der Waals surface area contributed by atoms with Crippen LogP contribution in [0.1, 0.15) is 6.42 Å². The Morgan fingerprint density at radius 1 is 1.18 bits per heavy atom. The van der Waals surface area contributed by atoms with E-state index in [2.05, 4.69) is 22.3 Å². The molecule has 4 heteroatoms. The number of nitrogens with zero attached hydrogens (tertiary/aromatic N) is 2. The number of ether oxygens (including phenoxy) is 1. The maximum atomic E-state index is 5.38. The van der Waals surface area contributed by atoms with E-state index in [4.69, 9.17) is 9.73 Å². The van der Waals surface area contributed by atoms with Crippen LogP contribution < -0.4 is 5.32 Å². The number of anilines is 1. The molecule has 17 heavy (non-hydrogen) atoms. The topological polar surface area (TPSA) is 36.9 Å². The second-order valence-electron chi connectivity index (χ2n) is 4.32. The van der Waals surface area contributed by atoms with Gasteiger partial charge in [0.1, 0.15) is 5.84 Å². The minimum absolute atomic E-state index is 0.814. The summed E-state index contributed by atoms with van der Waals surface area (Å²) in [5.74, 6) is 1.19. The van der Waals surface area contributed by atoms with Gasteiger partial charge in [0.15, 0.2) is 0 Å². The van der Waals surface area contributed by atoms with Crippen molar-refractivity contribution in [2.24, 2.45) is 4.99 Å². The van der Waals surface area contributed by atoms with Crippen LogP contribution in [0.5, 0.6) is 0 Å². The normalized spacial score (nSPS) is 20.0. The number of rotatable bonds is 0. The largest absolute Gasteiger partial charge is 0.383 e. The van der Waals surface area contributed by atoms with Crippen LogP contribution in [-0.4, -0.2) is 43.6 Å². The van der Waals surface area contributed by atoms with Crippen molar-refractivity contribution in [3.63, 3.8) is 0 Å². The molecule has 90 valence electrons. The van der Waals surface area contributed by atoms with Gasteiger partial charge in [0.2, 0.25) is 0 Å². The molecule has 2 heterocycles. The van der Waals surface area contributed by atoms with Crippen LogP contribution in [-0.2, 0) is 4.74 Å². The molecule has 0 bridgehead atoms. The summed E-state index contributed by atoms with van der Waals surface area (Å²) in [6.07, 6.45) is 0.981. The number of benzene rings is 1. The van der Waals surface area contributed by atoms with Gasteiger partial charge in [-0.15, -0.1) is 0 Å². The lowest BCUT2D eigenvalue weighted by atomic mass is 10.3. The molecule has 0 spiro atoms. The quantitative estimate of drug-likeness (QED) is 0.740. The van der Waals surface area contributed by atoms with E-state index in [9.17, 15) is 0 Å². The number of hydrogen-bond acceptors (Lipinski definition) is 4. The predicted molar refractivity (Wildman–Crippen MR) is 69.0 cm³/mol. The first-order chi connectivity index (χ1) is 8.43. The summed E-state index contributed by atoms with van der Waals surface area (Å²) in [4.78, 5) is 7.13. The lowest BCUT2D eigenvalue weighted by Gasteiger charge is -2.29. The highest BCUT2D eigenvalue weighted by Gasteiger charge is 2.17. The van der Waals surface area contributed by atoms with Crippen LogP contribution in [0.2, 0.25) is 0 Å². The lowest BCUT2D eigenvalue weighted by Crippen LogP contribution is -2.41. The maximum Gasteiger partial charge on any atom is 0.107 e. The standard InChI is InChI=1S/C13H17N3O/c1-2-4-12-11(3-1)14-6-5-13(15-12)16-7-9-17-10-8-16/h1-4,14H,5-10H2. The summed E-state index contributed by atoms with van der Waals surface area (Å²) in [5.41, 5.74) is 2.18. The number of aliphatic imine (C=N–C) groups is 1. The molecule has 0 amide bonds. The summed E-state index contributed by atoms with van der Waals surface area (Å²) in [5, 5.41) is 3.42. The lowest BCUT2D eigenvalue weighted by molar-refractivity contribution is 0.0673. The van der Waals surface area contributed by atoms with E-state index in [1.54, 1.807) is 0 Å². The van der Waals surface area contributed by atoms with Crippen molar-refractivity contribution in [3.8, 4) is 0 Å². The molecule has 0 aliphatic carbocycles. The molecule has 0 saturated carbocycles. The Balaban J connectivity index is 1.87. The first kappa shape index (κ1) is 10.6. The zero-order chi connectivity index (χ0) is 11.5. The molecule has 3 rings (SSSR count). The molecule has 1 aromatic carbocycles. The molecule has 1 saturated heterocycles. The van der Waals surface area contributed by atoms with Crippen molar-refractivity contribution >= 4 is 17.2 Å². The number of morpholine rings is 1. The first-order valence-corrected chi connectivity index (χ1v) is 6.17. The van der Waals surface area contributed by atoms with E-state index >= 15 is 0 Å². The van der Waals surface area contributed by atoms with Crippen LogP contribution in [0.25, 0.3) is 0 Å². The van der Waals surface area contributed by atoms with Crippen molar-refractivity contribution in [2.75, 3.05) is 38.2 Å². The van der Waals surface area contributed by atoms with Crippen LogP contribution in [0.15, 0.2) is 29.3 Å². The zero-order valence-electron chi connectivity index (χ0n) is 9.85. The SMILES string of the molecule is c1ccc2c(c1)N=C(N1CCOCC1)CCN2. The highest BCUT2D eigenvalue weighted by atomic mass is 16.5. The molecule has 1 N–H and O–H groups in total. The second kappa shape index (κ2) is 4.75. The minimum atomic E-state index is 0.814. The molecule has 1 aromatic rings. The summed E-state index contributed by atoms with van der Waals surface area (Å²) in [6, 6.07) is 8.22. The molecule has 0 unspecified atom stereocenters. The Morgan fingerprint density at radius 3 is 2.88 bits per heavy atom. The molecule has 4 nitrogen and oxygen atoms in total. The molecule has 1 fully saturated rings. The Hall–Kier alpha value is -1.55. The second-order valence-corrected chi connectivity index (χ2v) is 4.32. The zero-order valence-corrected chi connectivity index (χ0v) is 9.85. The minimum Gasteiger partial charge on any atom is -0.383 e. The average Bonchev–Trinajstić information content (AvgIpc) is 2.62. The number of nitrogens with one attached hydrogen (secondary N) is 1. The number of hydrogen-bond donors (Lipinski definition) is 1. The third-order valence-electron chi connectivity index (χ3n) is 3.19. The fraction of sp³-hybridized carbons (Fsp3) is 0.462. The van der Waals surface area contributed by atoms with Crippen LogP contribution in [0.4, 0.5) is 11.4 Å². The summed E-state index contributed by atoms with van der Waals surface area (Å²) < 4.78 is 5.38. The fourth-order valence-corrected chi connectivity index (χ4v) is 2.27. The van der Waals surface area contributed by atoms with E-state index in [-0.39, 0.29) is 0 Å². The van der Waals surface area contributed by atoms with Crippen molar-refractivity contribution in [1.29, 1.82) is 0 Å². The molecule has 0 radical (unpaired) electrons. The highest BCUT2D eigenvalue weighted by molar-refractivity contribution is 5.88. The smallest absolute Gasteiger partial charge is 0.107 e. The van der Waals surface area contributed by atoms with Gasteiger partial charge in [-0.2, -0.15) is 0 Å². The molecule has 2 aliphatic rings. The average molecular weight is 231 g/mol. The Bertz CT molecular complexity index is 424. The third-order valence-corrected chi connectivity index (χ3v) is 3.19. The fourth-order valence-electron chi connectivity index (χ4n) is 2.27. The Morgan fingerprint density at radius 2 is 2.00 bits per heavy atom. The molecule has 2 aliphatic heterocycles. The summed E-state index contributed by atoms with van der Waals surface area (Å²) in [7, 11) is 0. The van der Waals surface area contributed by atoms with E-state index < -0.39 is 0 Å². The highest BCUT2D eigenvalue weighted by Crippen LogP contribution is 2.27. The van der Waals surface area contributed by atoms with Gasteiger partial charge in [0.05, 0.1) is 24.6 Å².